The quantitative estimate of drug-likeness (QED) is 0.403. The van der Waals surface area contributed by atoms with E-state index in [0.29, 0.717) is 20.8 Å². The third-order valence-corrected chi connectivity index (χ3v) is 5.66. The number of hydrogen-bond acceptors (Lipinski definition) is 5. The molecule has 4 rings (SSSR count). The number of halogens is 1. The highest BCUT2D eigenvalue weighted by Gasteiger charge is 2.11. The highest BCUT2D eigenvalue weighted by Crippen LogP contribution is 2.33. The molecule has 0 saturated heterocycles. The fourth-order valence-electron chi connectivity index (χ4n) is 2.36. The number of aromatic nitrogens is 1. The van der Waals surface area contributed by atoms with Gasteiger partial charge >= 0.3 is 0 Å². The number of nitrogens with zero attached hydrogens (tertiary/aromatic N) is 1. The molecule has 0 aliphatic carbocycles. The molecule has 0 bridgehead atoms. The van der Waals surface area contributed by atoms with Gasteiger partial charge in [0.2, 0.25) is 0 Å². The lowest BCUT2D eigenvalue weighted by atomic mass is 10.2. The van der Waals surface area contributed by atoms with Crippen molar-refractivity contribution in [1.29, 1.82) is 0 Å². The average molecular weight is 413 g/mol. The Morgan fingerprint density at radius 3 is 2.41 bits per heavy atom. The SMILES string of the molecule is O=C(Nc1nc(-c2ccc(Cl)s2)cs1)c1ccc(Oc2ccccc2)cc1. The van der Waals surface area contributed by atoms with Crippen molar-refractivity contribution in [1.82, 2.24) is 4.98 Å². The third kappa shape index (κ3) is 4.36. The van der Waals surface area contributed by atoms with Gasteiger partial charge in [-0.25, -0.2) is 4.98 Å². The summed E-state index contributed by atoms with van der Waals surface area (Å²) in [4.78, 5) is 17.8. The number of benzene rings is 2. The van der Waals surface area contributed by atoms with E-state index in [1.807, 2.05) is 47.8 Å². The van der Waals surface area contributed by atoms with Gasteiger partial charge in [0.05, 0.1) is 14.9 Å². The number of rotatable bonds is 5. The normalized spacial score (nSPS) is 10.6. The third-order valence-electron chi connectivity index (χ3n) is 3.65. The van der Waals surface area contributed by atoms with Crippen LogP contribution in [0, 0.1) is 0 Å². The van der Waals surface area contributed by atoms with Crippen molar-refractivity contribution in [2.75, 3.05) is 5.32 Å². The van der Waals surface area contributed by atoms with Gasteiger partial charge in [0.1, 0.15) is 11.5 Å². The first-order valence-electron chi connectivity index (χ1n) is 8.03. The van der Waals surface area contributed by atoms with Crippen LogP contribution in [0.5, 0.6) is 11.5 Å². The molecule has 0 atom stereocenters. The summed E-state index contributed by atoms with van der Waals surface area (Å²) < 4.78 is 6.44. The molecule has 0 spiro atoms. The molecular formula is C20H13ClN2O2S2. The fraction of sp³-hybridized carbons (Fsp3) is 0. The van der Waals surface area contributed by atoms with Gasteiger partial charge < -0.3 is 4.74 Å². The second-order valence-electron chi connectivity index (χ2n) is 5.54. The van der Waals surface area contributed by atoms with Crippen LogP contribution in [-0.4, -0.2) is 10.9 Å². The Labute approximate surface area is 169 Å². The molecule has 4 nitrogen and oxygen atoms in total. The largest absolute Gasteiger partial charge is 0.457 e. The summed E-state index contributed by atoms with van der Waals surface area (Å²) >= 11 is 8.79. The van der Waals surface area contributed by atoms with E-state index in [2.05, 4.69) is 10.3 Å². The standard InChI is InChI=1S/C20H13ClN2O2S2/c21-18-11-10-17(27-18)16-12-26-20(22-16)23-19(24)13-6-8-15(9-7-13)25-14-4-2-1-3-5-14/h1-12H,(H,22,23,24). The summed E-state index contributed by atoms with van der Waals surface area (Å²) in [7, 11) is 0. The molecule has 4 aromatic rings. The molecule has 2 aromatic carbocycles. The monoisotopic (exact) mass is 412 g/mol. The zero-order chi connectivity index (χ0) is 18.6. The molecule has 1 amide bonds. The van der Waals surface area contributed by atoms with Crippen LogP contribution in [-0.2, 0) is 0 Å². The van der Waals surface area contributed by atoms with Crippen LogP contribution in [0.25, 0.3) is 10.6 Å². The minimum Gasteiger partial charge on any atom is -0.457 e. The van der Waals surface area contributed by atoms with E-state index in [0.717, 1.165) is 16.3 Å². The summed E-state index contributed by atoms with van der Waals surface area (Å²) in [5.41, 5.74) is 1.34. The molecule has 0 saturated carbocycles. The van der Waals surface area contributed by atoms with Gasteiger partial charge in [0.25, 0.3) is 5.91 Å². The molecule has 1 N–H and O–H groups in total. The highest BCUT2D eigenvalue weighted by molar-refractivity contribution is 7.20. The molecule has 0 aliphatic rings. The van der Waals surface area contributed by atoms with Crippen molar-refractivity contribution in [3.63, 3.8) is 0 Å². The molecule has 7 heteroatoms. The number of ether oxygens (including phenoxy) is 1. The zero-order valence-corrected chi connectivity index (χ0v) is 16.3. The van der Waals surface area contributed by atoms with Gasteiger partial charge in [-0.1, -0.05) is 29.8 Å². The van der Waals surface area contributed by atoms with Crippen molar-refractivity contribution in [2.24, 2.45) is 0 Å². The highest BCUT2D eigenvalue weighted by atomic mass is 35.5. The number of carbonyl (C=O) groups excluding carboxylic acids is 1. The van der Waals surface area contributed by atoms with E-state index in [1.165, 1.54) is 22.7 Å². The van der Waals surface area contributed by atoms with E-state index in [1.54, 1.807) is 24.3 Å². The maximum atomic E-state index is 12.4. The van der Waals surface area contributed by atoms with Gasteiger partial charge in [-0.2, -0.15) is 0 Å². The number of nitrogens with one attached hydrogen (secondary N) is 1. The molecule has 0 aliphatic heterocycles. The molecule has 2 heterocycles. The summed E-state index contributed by atoms with van der Waals surface area (Å²) in [5.74, 6) is 1.20. The minimum absolute atomic E-state index is 0.216. The average Bonchev–Trinajstić information content (AvgIpc) is 3.32. The van der Waals surface area contributed by atoms with Crippen molar-refractivity contribution in [3.05, 3.63) is 82.0 Å². The topological polar surface area (TPSA) is 51.2 Å². The lowest BCUT2D eigenvalue weighted by molar-refractivity contribution is 0.102. The van der Waals surface area contributed by atoms with Crippen molar-refractivity contribution in [2.45, 2.75) is 0 Å². The molecular weight excluding hydrogens is 400 g/mol. The van der Waals surface area contributed by atoms with Crippen LogP contribution in [0.2, 0.25) is 4.34 Å². The first-order valence-corrected chi connectivity index (χ1v) is 10.1. The fourth-order valence-corrected chi connectivity index (χ4v) is 4.15. The second-order valence-corrected chi connectivity index (χ2v) is 8.11. The first kappa shape index (κ1) is 17.7. The predicted octanol–water partition coefficient (Wildman–Crippen LogP) is 6.57. The van der Waals surface area contributed by atoms with Gasteiger partial charge in [-0.3, -0.25) is 10.1 Å². The van der Waals surface area contributed by atoms with Crippen LogP contribution in [0.1, 0.15) is 10.4 Å². The molecule has 2 aromatic heterocycles. The maximum absolute atomic E-state index is 12.4. The summed E-state index contributed by atoms with van der Waals surface area (Å²) in [6, 6.07) is 20.2. The van der Waals surface area contributed by atoms with E-state index in [9.17, 15) is 4.79 Å². The van der Waals surface area contributed by atoms with Crippen LogP contribution < -0.4 is 10.1 Å². The lowest BCUT2D eigenvalue weighted by Crippen LogP contribution is -2.11. The smallest absolute Gasteiger partial charge is 0.257 e. The van der Waals surface area contributed by atoms with E-state index < -0.39 is 0 Å². The number of carbonyl (C=O) groups is 1. The zero-order valence-electron chi connectivity index (χ0n) is 13.9. The summed E-state index contributed by atoms with van der Waals surface area (Å²) in [5, 5.41) is 5.27. The van der Waals surface area contributed by atoms with Crippen LogP contribution in [0.3, 0.4) is 0 Å². The van der Waals surface area contributed by atoms with Gasteiger partial charge in [-0.15, -0.1) is 22.7 Å². The second kappa shape index (κ2) is 7.92. The van der Waals surface area contributed by atoms with Gasteiger partial charge in [0, 0.05) is 10.9 Å². The molecule has 0 fully saturated rings. The Morgan fingerprint density at radius 2 is 1.70 bits per heavy atom. The first-order chi connectivity index (χ1) is 13.2. The number of amides is 1. The van der Waals surface area contributed by atoms with E-state index >= 15 is 0 Å². The van der Waals surface area contributed by atoms with Crippen LogP contribution >= 0.6 is 34.3 Å². The van der Waals surface area contributed by atoms with Crippen molar-refractivity contribution in [3.8, 4) is 22.1 Å². The Balaban J connectivity index is 1.42. The molecule has 27 heavy (non-hydrogen) atoms. The Morgan fingerprint density at radius 1 is 0.963 bits per heavy atom. The molecule has 0 radical (unpaired) electrons. The number of para-hydroxylation sites is 1. The summed E-state index contributed by atoms with van der Waals surface area (Å²) in [6.07, 6.45) is 0. The number of thiophene rings is 1. The Kier molecular flexibility index (Phi) is 5.20. The minimum atomic E-state index is -0.216. The lowest BCUT2D eigenvalue weighted by Gasteiger charge is -2.06. The van der Waals surface area contributed by atoms with Crippen molar-refractivity contribution >= 4 is 45.3 Å². The van der Waals surface area contributed by atoms with Gasteiger partial charge in [0.15, 0.2) is 5.13 Å². The Hall–Kier alpha value is -2.67. The molecule has 134 valence electrons. The van der Waals surface area contributed by atoms with Crippen LogP contribution in [0.15, 0.2) is 72.1 Å². The number of hydrogen-bond donors (Lipinski definition) is 1. The van der Waals surface area contributed by atoms with E-state index in [4.69, 9.17) is 16.3 Å². The Bertz CT molecular complexity index is 1060. The summed E-state index contributed by atoms with van der Waals surface area (Å²) in [6.45, 7) is 0. The number of thiazole rings is 1. The maximum Gasteiger partial charge on any atom is 0.257 e. The predicted molar refractivity (Wildman–Crippen MR) is 111 cm³/mol. The van der Waals surface area contributed by atoms with E-state index in [-0.39, 0.29) is 5.91 Å². The van der Waals surface area contributed by atoms with Crippen molar-refractivity contribution < 1.29 is 9.53 Å². The van der Waals surface area contributed by atoms with Crippen LogP contribution in [0.4, 0.5) is 5.13 Å². The number of anilines is 1. The molecule has 0 unspecified atom stereocenters. The van der Waals surface area contributed by atoms with Gasteiger partial charge in [-0.05, 0) is 48.5 Å².